The number of carbonyl (C=O) groups is 1. The lowest BCUT2D eigenvalue weighted by molar-refractivity contribution is 0.103. The van der Waals surface area contributed by atoms with Crippen molar-refractivity contribution in [3.8, 4) is 5.75 Å². The summed E-state index contributed by atoms with van der Waals surface area (Å²) in [6, 6.07) is 15.4. The molecule has 32 heavy (non-hydrogen) atoms. The quantitative estimate of drug-likeness (QED) is 0.517. The molecule has 2 aromatic carbocycles. The molecule has 0 atom stereocenters. The van der Waals surface area contributed by atoms with Gasteiger partial charge in [-0.25, -0.2) is 8.42 Å². The summed E-state index contributed by atoms with van der Waals surface area (Å²) >= 11 is 1.33. The number of thiophene rings is 1. The summed E-state index contributed by atoms with van der Waals surface area (Å²) < 4.78 is 34.9. The summed E-state index contributed by atoms with van der Waals surface area (Å²) in [4.78, 5) is 15.3. The molecule has 4 rings (SSSR count). The number of ether oxygens (including phenoxy) is 1. The van der Waals surface area contributed by atoms with E-state index in [4.69, 9.17) is 4.74 Å². The van der Waals surface area contributed by atoms with Gasteiger partial charge in [0.1, 0.15) is 10.6 Å². The maximum atomic E-state index is 13.5. The number of rotatable bonds is 7. The van der Waals surface area contributed by atoms with Crippen molar-refractivity contribution in [2.24, 2.45) is 0 Å². The number of para-hydroxylation sites is 2. The molecular formula is C23H25N3O4S2. The number of nitrogens with zero attached hydrogens (tertiary/aromatic N) is 1. The van der Waals surface area contributed by atoms with Gasteiger partial charge in [0, 0.05) is 18.8 Å². The highest BCUT2D eigenvalue weighted by Crippen LogP contribution is 2.34. The topological polar surface area (TPSA) is 87.7 Å². The van der Waals surface area contributed by atoms with Crippen LogP contribution in [-0.4, -0.2) is 34.5 Å². The van der Waals surface area contributed by atoms with E-state index in [0.717, 1.165) is 32.4 Å². The third-order valence-electron chi connectivity index (χ3n) is 5.30. The van der Waals surface area contributed by atoms with Crippen LogP contribution in [0.25, 0.3) is 0 Å². The molecule has 0 bridgehead atoms. The van der Waals surface area contributed by atoms with E-state index in [-0.39, 0.29) is 10.8 Å². The first-order chi connectivity index (χ1) is 15.5. The fourth-order valence-electron chi connectivity index (χ4n) is 3.73. The molecule has 1 fully saturated rings. The Hall–Kier alpha value is -3.04. The van der Waals surface area contributed by atoms with E-state index in [1.54, 1.807) is 48.5 Å². The third-order valence-corrected chi connectivity index (χ3v) is 7.56. The van der Waals surface area contributed by atoms with Crippen LogP contribution in [0.2, 0.25) is 0 Å². The SMILES string of the molecule is COc1ccccc1NS(=O)(=O)c1cc(NC(=O)c2cccs2)ccc1N1CCCCC1. The molecular weight excluding hydrogens is 446 g/mol. The Kier molecular flexibility index (Phi) is 6.66. The largest absolute Gasteiger partial charge is 0.495 e. The standard InChI is InChI=1S/C23H25N3O4S2/c1-30-20-9-4-3-8-18(20)25-32(28,29)22-16-17(24-23(27)21-10-7-15-31-21)11-12-19(22)26-13-5-2-6-14-26/h3-4,7-12,15-16,25H,2,5-6,13-14H2,1H3,(H,24,27). The Morgan fingerprint density at radius 3 is 2.53 bits per heavy atom. The number of nitrogens with one attached hydrogen (secondary N) is 2. The minimum Gasteiger partial charge on any atom is -0.495 e. The number of carbonyl (C=O) groups excluding carboxylic acids is 1. The van der Waals surface area contributed by atoms with Crippen LogP contribution in [0, 0.1) is 0 Å². The van der Waals surface area contributed by atoms with Crippen molar-refractivity contribution in [1.82, 2.24) is 0 Å². The van der Waals surface area contributed by atoms with Gasteiger partial charge in [-0.05, 0) is 61.0 Å². The van der Waals surface area contributed by atoms with Crippen LogP contribution in [0.15, 0.2) is 64.9 Å². The van der Waals surface area contributed by atoms with Crippen LogP contribution in [0.4, 0.5) is 17.1 Å². The summed E-state index contributed by atoms with van der Waals surface area (Å²) in [6.45, 7) is 1.58. The maximum Gasteiger partial charge on any atom is 0.265 e. The van der Waals surface area contributed by atoms with Crippen LogP contribution < -0.4 is 19.7 Å². The lowest BCUT2D eigenvalue weighted by atomic mass is 10.1. The van der Waals surface area contributed by atoms with E-state index in [2.05, 4.69) is 14.9 Å². The van der Waals surface area contributed by atoms with E-state index < -0.39 is 10.0 Å². The van der Waals surface area contributed by atoms with E-state index in [9.17, 15) is 13.2 Å². The molecule has 7 nitrogen and oxygen atoms in total. The summed E-state index contributed by atoms with van der Waals surface area (Å²) in [5.41, 5.74) is 1.40. The highest BCUT2D eigenvalue weighted by molar-refractivity contribution is 7.93. The van der Waals surface area contributed by atoms with Gasteiger partial charge in [-0.1, -0.05) is 18.2 Å². The lowest BCUT2D eigenvalue weighted by Crippen LogP contribution is -2.31. The first kappa shape index (κ1) is 22.2. The summed E-state index contributed by atoms with van der Waals surface area (Å²) in [6.07, 6.45) is 3.15. The number of hydrogen-bond donors (Lipinski definition) is 2. The van der Waals surface area contributed by atoms with Crippen molar-refractivity contribution in [3.05, 3.63) is 64.9 Å². The van der Waals surface area contributed by atoms with E-state index in [1.807, 2.05) is 5.38 Å². The second-order valence-corrected chi connectivity index (χ2v) is 10.1. The van der Waals surface area contributed by atoms with Crippen LogP contribution in [0.1, 0.15) is 28.9 Å². The fourth-order valence-corrected chi connectivity index (χ4v) is 5.67. The number of amides is 1. The number of methoxy groups -OCH3 is 1. The smallest absolute Gasteiger partial charge is 0.265 e. The predicted octanol–water partition coefficient (Wildman–Crippen LogP) is 4.80. The van der Waals surface area contributed by atoms with Crippen molar-refractivity contribution in [2.45, 2.75) is 24.2 Å². The third kappa shape index (κ3) is 4.89. The summed E-state index contributed by atoms with van der Waals surface area (Å²) in [5.74, 6) is 0.157. The molecule has 1 aliphatic heterocycles. The van der Waals surface area contributed by atoms with E-state index in [1.165, 1.54) is 24.5 Å². The fraction of sp³-hybridized carbons (Fsp3) is 0.261. The van der Waals surface area contributed by atoms with Gasteiger partial charge in [0.05, 0.1) is 23.4 Å². The minimum atomic E-state index is -3.96. The molecule has 1 aromatic heterocycles. The van der Waals surface area contributed by atoms with Gasteiger partial charge in [0.25, 0.3) is 15.9 Å². The number of anilines is 3. The minimum absolute atomic E-state index is 0.120. The summed E-state index contributed by atoms with van der Waals surface area (Å²) in [7, 11) is -2.47. The van der Waals surface area contributed by atoms with E-state index in [0.29, 0.717) is 27.7 Å². The lowest BCUT2D eigenvalue weighted by Gasteiger charge is -2.30. The van der Waals surface area contributed by atoms with Crippen molar-refractivity contribution in [2.75, 3.05) is 35.1 Å². The molecule has 1 amide bonds. The Labute approximate surface area is 192 Å². The highest BCUT2D eigenvalue weighted by atomic mass is 32.2. The van der Waals surface area contributed by atoms with Gasteiger partial charge < -0.3 is 15.0 Å². The second kappa shape index (κ2) is 9.62. The average molecular weight is 472 g/mol. The summed E-state index contributed by atoms with van der Waals surface area (Å²) in [5, 5.41) is 4.63. The van der Waals surface area contributed by atoms with Crippen LogP contribution in [0.5, 0.6) is 5.75 Å². The molecule has 0 radical (unpaired) electrons. The van der Waals surface area contributed by atoms with Gasteiger partial charge in [0.15, 0.2) is 0 Å². The molecule has 168 valence electrons. The van der Waals surface area contributed by atoms with Crippen molar-refractivity contribution in [3.63, 3.8) is 0 Å². The zero-order valence-electron chi connectivity index (χ0n) is 17.7. The zero-order chi connectivity index (χ0) is 22.6. The van der Waals surface area contributed by atoms with Crippen LogP contribution in [-0.2, 0) is 10.0 Å². The normalized spacial score (nSPS) is 14.1. The first-order valence-electron chi connectivity index (χ1n) is 10.4. The molecule has 2 heterocycles. The Morgan fingerprint density at radius 2 is 1.81 bits per heavy atom. The van der Waals surface area contributed by atoms with Crippen molar-refractivity contribution in [1.29, 1.82) is 0 Å². The van der Waals surface area contributed by atoms with Gasteiger partial charge in [-0.2, -0.15) is 0 Å². The van der Waals surface area contributed by atoms with Crippen molar-refractivity contribution < 1.29 is 17.9 Å². The molecule has 9 heteroatoms. The number of piperidine rings is 1. The maximum absolute atomic E-state index is 13.5. The van der Waals surface area contributed by atoms with Crippen LogP contribution in [0.3, 0.4) is 0 Å². The number of hydrogen-bond acceptors (Lipinski definition) is 6. The molecule has 0 aliphatic carbocycles. The zero-order valence-corrected chi connectivity index (χ0v) is 19.3. The van der Waals surface area contributed by atoms with E-state index >= 15 is 0 Å². The van der Waals surface area contributed by atoms with Gasteiger partial charge in [0.2, 0.25) is 0 Å². The van der Waals surface area contributed by atoms with Gasteiger partial charge in [-0.15, -0.1) is 11.3 Å². The average Bonchev–Trinajstić information content (AvgIpc) is 3.35. The van der Waals surface area contributed by atoms with Crippen LogP contribution >= 0.6 is 11.3 Å². The van der Waals surface area contributed by atoms with Gasteiger partial charge in [-0.3, -0.25) is 9.52 Å². The second-order valence-electron chi connectivity index (χ2n) is 7.47. The molecule has 1 saturated heterocycles. The highest BCUT2D eigenvalue weighted by Gasteiger charge is 2.25. The molecule has 1 aliphatic rings. The monoisotopic (exact) mass is 471 g/mol. The molecule has 0 spiro atoms. The molecule has 0 saturated carbocycles. The number of benzene rings is 2. The Bertz CT molecular complexity index is 1190. The number of sulfonamides is 1. The molecule has 2 N–H and O–H groups in total. The predicted molar refractivity (Wildman–Crippen MR) is 129 cm³/mol. The Balaban J connectivity index is 1.71. The first-order valence-corrected chi connectivity index (χ1v) is 12.7. The molecule has 3 aromatic rings. The van der Waals surface area contributed by atoms with Crippen molar-refractivity contribution >= 4 is 44.3 Å². The molecule has 0 unspecified atom stereocenters. The Morgan fingerprint density at radius 1 is 1.03 bits per heavy atom. The van der Waals surface area contributed by atoms with Gasteiger partial charge >= 0.3 is 0 Å².